The first-order valence-electron chi connectivity index (χ1n) is 7.70. The van der Waals surface area contributed by atoms with Crippen LogP contribution in [0.4, 0.5) is 21.6 Å². The first kappa shape index (κ1) is 19.8. The summed E-state index contributed by atoms with van der Waals surface area (Å²) in [4.78, 5) is 15.9. The normalized spacial score (nSPS) is 10.0. The summed E-state index contributed by atoms with van der Waals surface area (Å²) >= 11 is 12.0. The number of pyridine rings is 1. The maximum absolute atomic E-state index is 14.6. The Labute approximate surface area is 160 Å². The number of benzene rings is 1. The Morgan fingerprint density at radius 2 is 1.96 bits per heavy atom. The third kappa shape index (κ3) is 3.81. The molecule has 0 atom stereocenters. The molecule has 1 aromatic carbocycles. The van der Waals surface area contributed by atoms with E-state index >= 15 is 0 Å². The highest BCUT2D eigenvalue weighted by atomic mass is 35.5. The zero-order valence-electron chi connectivity index (χ0n) is 14.2. The molecular formula is C18H16Cl2FN5. The van der Waals surface area contributed by atoms with Crippen molar-refractivity contribution in [2.45, 2.75) is 13.8 Å². The van der Waals surface area contributed by atoms with Gasteiger partial charge in [0.15, 0.2) is 5.82 Å². The predicted molar refractivity (Wildman–Crippen MR) is 108 cm³/mol. The van der Waals surface area contributed by atoms with E-state index in [2.05, 4.69) is 38.6 Å². The summed E-state index contributed by atoms with van der Waals surface area (Å²) in [6.45, 7) is 11.0. The van der Waals surface area contributed by atoms with Gasteiger partial charge in [0, 0.05) is 11.6 Å². The average Bonchev–Trinajstić information content (AvgIpc) is 2.64. The molecule has 0 fully saturated rings. The van der Waals surface area contributed by atoms with Gasteiger partial charge in [0.2, 0.25) is 0 Å². The van der Waals surface area contributed by atoms with Gasteiger partial charge in [-0.15, -0.1) is 0 Å². The van der Waals surface area contributed by atoms with Crippen LogP contribution in [0.25, 0.3) is 17.0 Å². The van der Waals surface area contributed by atoms with E-state index in [4.69, 9.17) is 23.2 Å². The van der Waals surface area contributed by atoms with Crippen molar-refractivity contribution < 1.29 is 4.39 Å². The number of fused-ring (bicyclic) bond motifs is 1. The maximum Gasteiger partial charge on any atom is 0.156 e. The van der Waals surface area contributed by atoms with Crippen LogP contribution in [0.3, 0.4) is 0 Å². The lowest BCUT2D eigenvalue weighted by molar-refractivity contribution is 0.629. The molecule has 134 valence electrons. The molecular weight excluding hydrogens is 376 g/mol. The monoisotopic (exact) mass is 391 g/mol. The zero-order valence-corrected chi connectivity index (χ0v) is 15.7. The van der Waals surface area contributed by atoms with Crippen LogP contribution in [0.15, 0.2) is 36.1 Å². The fourth-order valence-corrected chi connectivity index (χ4v) is 2.75. The first-order chi connectivity index (χ1) is 12.5. The number of halogens is 3. The van der Waals surface area contributed by atoms with Crippen molar-refractivity contribution in [1.82, 2.24) is 15.0 Å². The molecule has 0 radical (unpaired) electrons. The van der Waals surface area contributed by atoms with Crippen molar-refractivity contribution in [3.8, 4) is 0 Å². The SMILES string of the molecule is C=Cc1c(N=C)ccc(Nc2ncnc3cc(Cl)nc(Cl)c23)c1F.CC. The van der Waals surface area contributed by atoms with E-state index in [0.717, 1.165) is 0 Å². The fraction of sp³-hybridized carbons (Fsp3) is 0.111. The lowest BCUT2D eigenvalue weighted by Gasteiger charge is -2.12. The smallest absolute Gasteiger partial charge is 0.156 e. The van der Waals surface area contributed by atoms with Crippen LogP contribution in [0.2, 0.25) is 10.3 Å². The quantitative estimate of drug-likeness (QED) is 0.423. The van der Waals surface area contributed by atoms with Gasteiger partial charge in [-0.3, -0.25) is 4.99 Å². The second-order valence-electron chi connectivity index (χ2n) is 4.70. The Bertz CT molecular complexity index is 975. The van der Waals surface area contributed by atoms with Crippen LogP contribution >= 0.6 is 23.2 Å². The number of nitrogens with zero attached hydrogens (tertiary/aromatic N) is 4. The van der Waals surface area contributed by atoms with Crippen LogP contribution < -0.4 is 5.32 Å². The number of aliphatic imine (C=N–C) groups is 1. The molecule has 8 heteroatoms. The van der Waals surface area contributed by atoms with E-state index in [9.17, 15) is 4.39 Å². The first-order valence-corrected chi connectivity index (χ1v) is 8.46. The van der Waals surface area contributed by atoms with Gasteiger partial charge in [-0.05, 0) is 18.9 Å². The van der Waals surface area contributed by atoms with Gasteiger partial charge in [-0.1, -0.05) is 49.7 Å². The van der Waals surface area contributed by atoms with E-state index in [1.807, 2.05) is 13.8 Å². The highest BCUT2D eigenvalue weighted by molar-refractivity contribution is 6.37. The van der Waals surface area contributed by atoms with Crippen LogP contribution in [0.5, 0.6) is 0 Å². The van der Waals surface area contributed by atoms with Gasteiger partial charge < -0.3 is 5.32 Å². The molecule has 26 heavy (non-hydrogen) atoms. The van der Waals surface area contributed by atoms with Gasteiger partial charge in [0.1, 0.15) is 22.5 Å². The minimum atomic E-state index is -0.528. The van der Waals surface area contributed by atoms with Crippen molar-refractivity contribution in [3.63, 3.8) is 0 Å². The molecule has 5 nitrogen and oxygen atoms in total. The number of anilines is 2. The topological polar surface area (TPSA) is 63.1 Å². The van der Waals surface area contributed by atoms with Gasteiger partial charge in [-0.25, -0.2) is 19.3 Å². The third-order valence-corrected chi connectivity index (χ3v) is 3.80. The second-order valence-corrected chi connectivity index (χ2v) is 5.44. The van der Waals surface area contributed by atoms with Gasteiger partial charge in [0.05, 0.1) is 22.3 Å². The second kappa shape index (κ2) is 8.69. The number of nitrogens with one attached hydrogen (secondary N) is 1. The summed E-state index contributed by atoms with van der Waals surface area (Å²) in [5.41, 5.74) is 1.31. The summed E-state index contributed by atoms with van der Waals surface area (Å²) < 4.78 is 14.6. The van der Waals surface area contributed by atoms with E-state index < -0.39 is 5.82 Å². The molecule has 0 amide bonds. The molecule has 0 bridgehead atoms. The minimum absolute atomic E-state index is 0.120. The summed E-state index contributed by atoms with van der Waals surface area (Å²) in [5, 5.41) is 3.66. The predicted octanol–water partition coefficient (Wildman–Crippen LogP) is 6.22. The summed E-state index contributed by atoms with van der Waals surface area (Å²) in [7, 11) is 0. The van der Waals surface area contributed by atoms with E-state index in [-0.39, 0.29) is 21.6 Å². The molecule has 1 N–H and O–H groups in total. The molecule has 3 aromatic rings. The van der Waals surface area contributed by atoms with Gasteiger partial charge >= 0.3 is 0 Å². The largest absolute Gasteiger partial charge is 0.337 e. The molecule has 0 aliphatic heterocycles. The van der Waals surface area contributed by atoms with Crippen molar-refractivity contribution in [2.75, 3.05) is 5.32 Å². The maximum atomic E-state index is 14.6. The Balaban J connectivity index is 0.00000117. The average molecular weight is 392 g/mol. The van der Waals surface area contributed by atoms with E-state index in [1.54, 1.807) is 12.1 Å². The van der Waals surface area contributed by atoms with E-state index in [0.29, 0.717) is 22.4 Å². The molecule has 3 rings (SSSR count). The van der Waals surface area contributed by atoms with Crippen molar-refractivity contribution in [3.05, 3.63) is 52.8 Å². The molecule has 0 unspecified atom stereocenters. The molecule has 0 spiro atoms. The van der Waals surface area contributed by atoms with Crippen LogP contribution in [-0.4, -0.2) is 21.7 Å². The summed E-state index contributed by atoms with van der Waals surface area (Å²) in [6.07, 6.45) is 2.69. The molecule has 0 aliphatic rings. The Morgan fingerprint density at radius 3 is 2.62 bits per heavy atom. The molecule has 0 aliphatic carbocycles. The van der Waals surface area contributed by atoms with Crippen molar-refractivity contribution in [1.29, 1.82) is 0 Å². The standard InChI is InChI=1S/C16H10Cl2FN5.C2H6/c1-3-8-9(20-2)4-5-10(14(8)19)23-16-13-11(21-7-22-16)6-12(17)24-15(13)18;1-2/h3-7H,1-2H2,(H,21,22,23);1-2H3. The van der Waals surface area contributed by atoms with Crippen LogP contribution in [0.1, 0.15) is 19.4 Å². The molecule has 0 saturated carbocycles. The van der Waals surface area contributed by atoms with Gasteiger partial charge in [-0.2, -0.15) is 0 Å². The summed E-state index contributed by atoms with van der Waals surface area (Å²) in [6, 6.07) is 4.69. The van der Waals surface area contributed by atoms with Crippen molar-refractivity contribution >= 4 is 64.1 Å². The Hall–Kier alpha value is -2.57. The lowest BCUT2D eigenvalue weighted by atomic mass is 10.1. The highest BCUT2D eigenvalue weighted by Crippen LogP contribution is 2.33. The zero-order chi connectivity index (χ0) is 19.3. The van der Waals surface area contributed by atoms with Gasteiger partial charge in [0.25, 0.3) is 0 Å². The van der Waals surface area contributed by atoms with Crippen molar-refractivity contribution in [2.24, 2.45) is 4.99 Å². The minimum Gasteiger partial charge on any atom is -0.337 e. The van der Waals surface area contributed by atoms with Crippen LogP contribution in [-0.2, 0) is 0 Å². The Morgan fingerprint density at radius 1 is 1.23 bits per heavy atom. The van der Waals surface area contributed by atoms with Crippen LogP contribution in [0, 0.1) is 5.82 Å². The number of rotatable bonds is 4. The number of hydrogen-bond acceptors (Lipinski definition) is 5. The number of aromatic nitrogens is 3. The molecule has 2 heterocycles. The fourth-order valence-electron chi connectivity index (χ4n) is 2.24. The molecule has 0 saturated heterocycles. The molecule has 2 aromatic heterocycles. The summed E-state index contributed by atoms with van der Waals surface area (Å²) in [5.74, 6) is -0.220. The number of hydrogen-bond donors (Lipinski definition) is 1. The lowest BCUT2D eigenvalue weighted by Crippen LogP contribution is -2.00. The Kier molecular flexibility index (Phi) is 6.60. The third-order valence-electron chi connectivity index (χ3n) is 3.33. The highest BCUT2D eigenvalue weighted by Gasteiger charge is 2.15. The van der Waals surface area contributed by atoms with E-state index in [1.165, 1.54) is 18.5 Å².